The van der Waals surface area contributed by atoms with E-state index in [2.05, 4.69) is 5.32 Å². The molecule has 10 nitrogen and oxygen atoms in total. The Hall–Kier alpha value is -3.09. The molecule has 0 radical (unpaired) electrons. The molecule has 4 heterocycles. The average Bonchev–Trinajstić information content (AvgIpc) is 3.29. The monoisotopic (exact) mass is 534 g/mol. The van der Waals surface area contributed by atoms with Crippen molar-refractivity contribution in [3.8, 4) is 0 Å². The van der Waals surface area contributed by atoms with E-state index < -0.39 is 18.0 Å². The minimum Gasteiger partial charge on any atom is -0.544 e. The summed E-state index contributed by atoms with van der Waals surface area (Å²) in [5, 5.41) is 23.9. The number of carboxylic acid groups (broad SMARTS) is 2. The van der Waals surface area contributed by atoms with E-state index in [0.29, 0.717) is 28.9 Å². The fourth-order valence-electron chi connectivity index (χ4n) is 3.86. The van der Waals surface area contributed by atoms with Crippen LogP contribution in [-0.4, -0.2) is 101 Å². The molecule has 1 fully saturated rings. The molecule has 0 saturated carbocycles. The molecule has 3 aliphatic rings. The summed E-state index contributed by atoms with van der Waals surface area (Å²) >= 11 is 2.98. The number of aliphatic carboxylic acids is 2. The van der Waals surface area contributed by atoms with Gasteiger partial charge in [-0.05, 0) is 29.3 Å². The van der Waals surface area contributed by atoms with E-state index >= 15 is 0 Å². The van der Waals surface area contributed by atoms with Crippen molar-refractivity contribution in [1.82, 2.24) is 15.1 Å². The number of rotatable bonds is 8. The zero-order chi connectivity index (χ0) is 26.5. The number of thiophene rings is 1. The molecule has 0 aromatic carbocycles. The lowest BCUT2D eigenvalue weighted by Gasteiger charge is -2.49. The molecule has 4 rings (SSSR count). The van der Waals surface area contributed by atoms with Crippen LogP contribution in [0.1, 0.15) is 4.88 Å². The smallest absolute Gasteiger partial charge is 0.352 e. The number of β-lactam (4-membered cyclic amide) rings is 1. The van der Waals surface area contributed by atoms with E-state index in [-0.39, 0.29) is 35.9 Å². The molecule has 2 amide bonds. The van der Waals surface area contributed by atoms with E-state index in [1.54, 1.807) is 21.1 Å². The third-order valence-corrected chi connectivity index (χ3v) is 7.58. The first-order chi connectivity index (χ1) is 17.0. The largest absolute Gasteiger partial charge is 0.544 e. The predicted molar refractivity (Wildman–Crippen MR) is 135 cm³/mol. The molecule has 2 atom stereocenters. The molecule has 2 N–H and O–H groups in total. The summed E-state index contributed by atoms with van der Waals surface area (Å²) in [5.74, 6) is -2.17. The number of carbonyl (C=O) groups is 4. The summed E-state index contributed by atoms with van der Waals surface area (Å²) in [6.45, 7) is 1.23. The zero-order valence-electron chi connectivity index (χ0n) is 20.4. The highest BCUT2D eigenvalue weighted by molar-refractivity contribution is 8.00. The van der Waals surface area contributed by atoms with Crippen LogP contribution in [0, 0.1) is 0 Å². The van der Waals surface area contributed by atoms with Crippen molar-refractivity contribution in [2.45, 2.75) is 17.8 Å². The van der Waals surface area contributed by atoms with Gasteiger partial charge in [-0.25, -0.2) is 4.79 Å². The van der Waals surface area contributed by atoms with Gasteiger partial charge in [-0.2, -0.15) is 0 Å². The van der Waals surface area contributed by atoms with Crippen molar-refractivity contribution < 1.29 is 33.9 Å². The van der Waals surface area contributed by atoms with Crippen LogP contribution in [0.15, 0.2) is 53.2 Å². The van der Waals surface area contributed by atoms with E-state index in [4.69, 9.17) is 0 Å². The highest BCUT2D eigenvalue weighted by Crippen LogP contribution is 2.40. The maximum absolute atomic E-state index is 12.7. The number of thioether (sulfide) groups is 1. The van der Waals surface area contributed by atoms with Crippen LogP contribution in [-0.2, 0) is 25.6 Å². The summed E-state index contributed by atoms with van der Waals surface area (Å²) in [4.78, 5) is 50.9. The predicted octanol–water partition coefficient (Wildman–Crippen LogP) is -0.143. The summed E-state index contributed by atoms with van der Waals surface area (Å²) < 4.78 is 0.419. The lowest BCUT2D eigenvalue weighted by atomic mass is 10.0. The fourth-order valence-corrected chi connectivity index (χ4v) is 5.90. The van der Waals surface area contributed by atoms with Gasteiger partial charge in [0, 0.05) is 23.7 Å². The second kappa shape index (κ2) is 11.8. The number of nitrogens with zero attached hydrogens (tertiary/aromatic N) is 3. The number of nitrogens with one attached hydrogen (secondary N) is 1. The second-order valence-electron chi connectivity index (χ2n) is 9.49. The van der Waals surface area contributed by atoms with Crippen molar-refractivity contribution in [2.75, 3.05) is 46.5 Å². The van der Waals surface area contributed by atoms with Gasteiger partial charge in [0.25, 0.3) is 5.91 Å². The molecule has 36 heavy (non-hydrogen) atoms. The Morgan fingerprint density at radius 1 is 1.25 bits per heavy atom. The van der Waals surface area contributed by atoms with Crippen LogP contribution in [0.25, 0.3) is 0 Å². The molecular formula is C24H30N4O6S2. The minimum atomic E-state index is -1.10. The van der Waals surface area contributed by atoms with Crippen molar-refractivity contribution >= 4 is 46.9 Å². The van der Waals surface area contributed by atoms with Gasteiger partial charge in [-0.1, -0.05) is 18.2 Å². The Kier molecular flexibility index (Phi) is 8.98. The van der Waals surface area contributed by atoms with E-state index in [1.807, 2.05) is 46.8 Å². The maximum Gasteiger partial charge on any atom is 0.352 e. The zero-order valence-corrected chi connectivity index (χ0v) is 22.0. The fraction of sp³-hybridized carbons (Fsp3) is 0.417. The number of carboxylic acids is 2. The number of quaternary nitrogens is 1. The molecular weight excluding hydrogens is 504 g/mol. The van der Waals surface area contributed by atoms with Crippen LogP contribution in [0.4, 0.5) is 0 Å². The van der Waals surface area contributed by atoms with Gasteiger partial charge in [0.15, 0.2) is 0 Å². The number of likely N-dealkylation sites (N-methyl/N-ethyl adjacent to an activating group) is 1. The molecule has 0 bridgehead atoms. The van der Waals surface area contributed by atoms with Gasteiger partial charge in [-0.3, -0.25) is 14.5 Å². The van der Waals surface area contributed by atoms with Gasteiger partial charge in [0.1, 0.15) is 23.7 Å². The number of fused-ring (bicyclic) bond motifs is 1. The Balaban J connectivity index is 0.000000392. The van der Waals surface area contributed by atoms with Crippen LogP contribution in [0.5, 0.6) is 0 Å². The van der Waals surface area contributed by atoms with Gasteiger partial charge < -0.3 is 29.7 Å². The lowest BCUT2D eigenvalue weighted by Crippen LogP contribution is -2.70. The Labute approximate surface area is 218 Å². The molecule has 0 unspecified atom stereocenters. The van der Waals surface area contributed by atoms with Crippen molar-refractivity contribution in [1.29, 1.82) is 0 Å². The lowest BCUT2D eigenvalue weighted by molar-refractivity contribution is -0.864. The third kappa shape index (κ3) is 7.21. The van der Waals surface area contributed by atoms with Crippen molar-refractivity contribution in [2.24, 2.45) is 0 Å². The van der Waals surface area contributed by atoms with Crippen LogP contribution in [0.3, 0.4) is 0 Å². The normalized spacial score (nSPS) is 20.8. The number of allylic oxidation sites excluding steroid dienone is 2. The standard InChI is InChI=1S/C19H19N3O4S2.C5H11NO2/c23-14(9-13-5-4-8-27-13)20-15-17(24)22-16(19(25)26)12(11-28-18(15)22)10-21-6-2-1-3-7-21;1-6(2,3)4-5(7)8/h1-6,8,15,18H,7,9-11H2,(H,20,23)(H,25,26);4H2,1-3H3/t15-,18-;/m1./s1. The van der Waals surface area contributed by atoms with Crippen molar-refractivity contribution in [3.63, 3.8) is 0 Å². The number of amides is 2. The van der Waals surface area contributed by atoms with Crippen LogP contribution in [0.2, 0.25) is 0 Å². The molecule has 12 heteroatoms. The van der Waals surface area contributed by atoms with Gasteiger partial charge in [0.2, 0.25) is 5.91 Å². The molecule has 3 aliphatic heterocycles. The highest BCUT2D eigenvalue weighted by atomic mass is 32.2. The Bertz CT molecular complexity index is 1090. The van der Waals surface area contributed by atoms with Gasteiger partial charge >= 0.3 is 5.97 Å². The molecule has 1 aromatic rings. The molecule has 1 saturated heterocycles. The second-order valence-corrected chi connectivity index (χ2v) is 11.6. The molecule has 0 spiro atoms. The topological polar surface area (TPSA) is 130 Å². The first-order valence-corrected chi connectivity index (χ1v) is 13.2. The SMILES string of the molecule is C[N+](C)(C)CC(=O)[O-].O=C(Cc1cccs1)N[C@@H]1C(=O)N2C(C(=O)O)=C(CN3C=CC=CC3)CS[C@H]12. The molecule has 0 aliphatic carbocycles. The van der Waals surface area contributed by atoms with Crippen LogP contribution < -0.4 is 10.4 Å². The summed E-state index contributed by atoms with van der Waals surface area (Å²) in [6.07, 6.45) is 7.97. The average molecular weight is 535 g/mol. The van der Waals surface area contributed by atoms with E-state index in [9.17, 15) is 29.4 Å². The van der Waals surface area contributed by atoms with E-state index in [1.165, 1.54) is 28.0 Å². The van der Waals surface area contributed by atoms with Gasteiger partial charge in [-0.15, -0.1) is 23.1 Å². The molecule has 194 valence electrons. The van der Waals surface area contributed by atoms with Crippen molar-refractivity contribution in [3.05, 3.63) is 58.1 Å². The van der Waals surface area contributed by atoms with Crippen LogP contribution >= 0.6 is 23.1 Å². The number of hydrogen-bond donors (Lipinski definition) is 2. The highest BCUT2D eigenvalue weighted by Gasteiger charge is 2.54. The third-order valence-electron chi connectivity index (χ3n) is 5.36. The summed E-state index contributed by atoms with van der Waals surface area (Å²) in [7, 11) is 5.40. The number of hydrogen-bond acceptors (Lipinski definition) is 8. The first kappa shape index (κ1) is 27.5. The first-order valence-electron chi connectivity index (χ1n) is 11.3. The molecule has 1 aromatic heterocycles. The summed E-state index contributed by atoms with van der Waals surface area (Å²) in [6, 6.07) is 3.07. The summed E-state index contributed by atoms with van der Waals surface area (Å²) in [5.41, 5.74) is 0.769. The Morgan fingerprint density at radius 2 is 2.00 bits per heavy atom. The minimum absolute atomic E-state index is 0.0560. The van der Waals surface area contributed by atoms with Gasteiger partial charge in [0.05, 0.1) is 33.5 Å². The Morgan fingerprint density at radius 3 is 2.53 bits per heavy atom. The van der Waals surface area contributed by atoms with E-state index in [0.717, 1.165) is 4.88 Å². The number of carbonyl (C=O) groups excluding carboxylic acids is 3. The maximum atomic E-state index is 12.7. The quantitative estimate of drug-likeness (QED) is 0.348.